The largest absolute Gasteiger partial charge is 0.449 e. The summed E-state index contributed by atoms with van der Waals surface area (Å²) in [5, 5.41) is 0. The van der Waals surface area contributed by atoms with Gasteiger partial charge in [0, 0.05) is 12.3 Å². The highest BCUT2D eigenvalue weighted by molar-refractivity contribution is 7.71. The van der Waals surface area contributed by atoms with Crippen LogP contribution in [0, 0.1) is 4.77 Å². The van der Waals surface area contributed by atoms with E-state index in [2.05, 4.69) is 9.72 Å². The van der Waals surface area contributed by atoms with Crippen LogP contribution in [-0.4, -0.2) is 22.3 Å². The fourth-order valence-corrected chi connectivity index (χ4v) is 1.02. The van der Waals surface area contributed by atoms with Gasteiger partial charge in [-0.05, 0) is 19.1 Å². The van der Waals surface area contributed by atoms with Crippen LogP contribution < -0.4 is 5.56 Å². The van der Waals surface area contributed by atoms with E-state index in [4.69, 9.17) is 12.2 Å². The van der Waals surface area contributed by atoms with Crippen molar-refractivity contribution in [2.75, 3.05) is 6.61 Å². The molecule has 0 aliphatic carbocycles. The minimum Gasteiger partial charge on any atom is -0.449 e. The van der Waals surface area contributed by atoms with Crippen LogP contribution in [0.15, 0.2) is 17.1 Å². The number of nitrogens with one attached hydrogen (secondary N) is 1. The number of rotatable bonds is 1. The lowest BCUT2D eigenvalue weighted by Crippen LogP contribution is -2.28. The van der Waals surface area contributed by atoms with Crippen LogP contribution in [0.25, 0.3) is 0 Å². The van der Waals surface area contributed by atoms with Crippen LogP contribution >= 0.6 is 12.2 Å². The van der Waals surface area contributed by atoms with Crippen LogP contribution in [0.4, 0.5) is 4.79 Å². The van der Waals surface area contributed by atoms with Gasteiger partial charge in [-0.2, -0.15) is 4.57 Å². The summed E-state index contributed by atoms with van der Waals surface area (Å²) in [7, 11) is 0. The Balaban J connectivity index is 3.21. The van der Waals surface area contributed by atoms with Crippen LogP contribution in [0.3, 0.4) is 0 Å². The lowest BCUT2D eigenvalue weighted by molar-refractivity contribution is 0.152. The van der Waals surface area contributed by atoms with Crippen LogP contribution in [-0.2, 0) is 4.74 Å². The Hall–Kier alpha value is -1.43. The molecule has 0 amide bonds. The first-order valence-electron chi connectivity index (χ1n) is 3.64. The van der Waals surface area contributed by atoms with Crippen molar-refractivity contribution in [3.8, 4) is 0 Å². The van der Waals surface area contributed by atoms with E-state index in [1.807, 2.05) is 0 Å². The first-order chi connectivity index (χ1) is 6.16. The van der Waals surface area contributed by atoms with E-state index in [9.17, 15) is 9.59 Å². The van der Waals surface area contributed by atoms with Crippen molar-refractivity contribution < 1.29 is 9.53 Å². The van der Waals surface area contributed by atoms with E-state index in [0.29, 0.717) is 0 Å². The molecule has 0 aliphatic heterocycles. The zero-order chi connectivity index (χ0) is 9.84. The fraction of sp³-hybridized carbons (Fsp3) is 0.286. The summed E-state index contributed by atoms with van der Waals surface area (Å²) < 4.78 is 5.42. The molecule has 5 nitrogen and oxygen atoms in total. The standard InChI is InChI=1S/C7H8N2O3S/c1-2-12-7(11)9-5(10)3-4-8-6(9)13/h3-4H,2H2,1H3,(H,8,13). The number of carbonyl (C=O) groups is 1. The van der Waals surface area contributed by atoms with Gasteiger partial charge in [0.25, 0.3) is 5.56 Å². The maximum atomic E-state index is 11.1. The van der Waals surface area contributed by atoms with Crippen LogP contribution in [0.1, 0.15) is 6.92 Å². The second-order valence-electron chi connectivity index (χ2n) is 2.16. The van der Waals surface area contributed by atoms with Gasteiger partial charge < -0.3 is 9.72 Å². The van der Waals surface area contributed by atoms with Gasteiger partial charge in [0.2, 0.25) is 0 Å². The predicted molar refractivity (Wildman–Crippen MR) is 48.3 cm³/mol. The average molecular weight is 200 g/mol. The Morgan fingerprint density at radius 3 is 3.00 bits per heavy atom. The van der Waals surface area contributed by atoms with Gasteiger partial charge in [-0.25, -0.2) is 4.79 Å². The number of hydrogen-bond acceptors (Lipinski definition) is 4. The molecule has 0 atom stereocenters. The van der Waals surface area contributed by atoms with Gasteiger partial charge in [-0.1, -0.05) is 0 Å². The highest BCUT2D eigenvalue weighted by Crippen LogP contribution is 1.87. The van der Waals surface area contributed by atoms with Crippen LogP contribution in [0.2, 0.25) is 0 Å². The van der Waals surface area contributed by atoms with E-state index < -0.39 is 11.7 Å². The smallest absolute Gasteiger partial charge is 0.423 e. The highest BCUT2D eigenvalue weighted by Gasteiger charge is 2.07. The summed E-state index contributed by atoms with van der Waals surface area (Å²) in [5.74, 6) is 0. The Morgan fingerprint density at radius 1 is 1.77 bits per heavy atom. The summed E-state index contributed by atoms with van der Waals surface area (Å²) in [6.07, 6.45) is 0.620. The molecular weight excluding hydrogens is 192 g/mol. The third kappa shape index (κ3) is 2.03. The van der Waals surface area contributed by atoms with Crippen molar-refractivity contribution in [2.24, 2.45) is 0 Å². The molecule has 1 rings (SSSR count). The molecule has 1 aromatic heterocycles. The molecule has 0 radical (unpaired) electrons. The van der Waals surface area contributed by atoms with E-state index in [0.717, 1.165) is 4.57 Å². The predicted octanol–water partition coefficient (Wildman–Crippen LogP) is 0.910. The van der Waals surface area contributed by atoms with Gasteiger partial charge >= 0.3 is 6.09 Å². The molecule has 1 heterocycles. The summed E-state index contributed by atoms with van der Waals surface area (Å²) in [5.41, 5.74) is -0.498. The molecule has 0 saturated heterocycles. The number of aromatic nitrogens is 2. The minimum atomic E-state index is -0.755. The molecule has 0 unspecified atom stereocenters. The van der Waals surface area contributed by atoms with Crippen molar-refractivity contribution in [2.45, 2.75) is 6.92 Å². The zero-order valence-electron chi connectivity index (χ0n) is 6.94. The van der Waals surface area contributed by atoms with Gasteiger partial charge in [0.15, 0.2) is 4.77 Å². The summed E-state index contributed by atoms with van der Waals surface area (Å²) in [6, 6.07) is 1.20. The van der Waals surface area contributed by atoms with Crippen molar-refractivity contribution in [3.63, 3.8) is 0 Å². The topological polar surface area (TPSA) is 64.1 Å². The summed E-state index contributed by atoms with van der Waals surface area (Å²) in [4.78, 5) is 24.8. The van der Waals surface area contributed by atoms with Crippen molar-refractivity contribution in [1.29, 1.82) is 0 Å². The number of hydrogen-bond donors (Lipinski definition) is 1. The molecule has 1 aromatic rings. The first kappa shape index (κ1) is 9.66. The molecule has 0 bridgehead atoms. The maximum Gasteiger partial charge on any atom is 0.423 e. The van der Waals surface area contributed by atoms with Gasteiger partial charge in [0.05, 0.1) is 6.61 Å². The lowest BCUT2D eigenvalue weighted by atomic mass is 10.6. The Kier molecular flexibility index (Phi) is 2.97. The number of carbonyl (C=O) groups excluding carboxylic acids is 1. The number of nitrogens with zero attached hydrogens (tertiary/aromatic N) is 1. The fourth-order valence-electron chi connectivity index (χ4n) is 0.784. The molecule has 70 valence electrons. The molecule has 1 N–H and O–H groups in total. The molecule has 0 saturated carbocycles. The molecule has 0 fully saturated rings. The van der Waals surface area contributed by atoms with Crippen molar-refractivity contribution >= 4 is 18.3 Å². The van der Waals surface area contributed by atoms with E-state index in [1.165, 1.54) is 12.3 Å². The van der Waals surface area contributed by atoms with E-state index in [1.54, 1.807) is 6.92 Å². The summed E-state index contributed by atoms with van der Waals surface area (Å²) >= 11 is 4.74. The van der Waals surface area contributed by atoms with E-state index in [-0.39, 0.29) is 11.4 Å². The van der Waals surface area contributed by atoms with Gasteiger partial charge in [0.1, 0.15) is 0 Å². The molecule has 6 heteroatoms. The zero-order valence-corrected chi connectivity index (χ0v) is 7.76. The molecule has 13 heavy (non-hydrogen) atoms. The first-order valence-corrected chi connectivity index (χ1v) is 4.05. The highest BCUT2D eigenvalue weighted by atomic mass is 32.1. The van der Waals surface area contributed by atoms with E-state index >= 15 is 0 Å². The normalized spacial score (nSPS) is 9.62. The maximum absolute atomic E-state index is 11.1. The molecular formula is C7H8N2O3S. The minimum absolute atomic E-state index is 0.0333. The van der Waals surface area contributed by atoms with Gasteiger partial charge in [-0.15, -0.1) is 0 Å². The average Bonchev–Trinajstić information content (AvgIpc) is 2.04. The Bertz CT molecular complexity index is 392. The van der Waals surface area contributed by atoms with Gasteiger partial charge in [-0.3, -0.25) is 4.79 Å². The lowest BCUT2D eigenvalue weighted by Gasteiger charge is -2.02. The molecule has 0 aromatic carbocycles. The molecule has 0 aliphatic rings. The molecule has 0 spiro atoms. The third-order valence-corrected chi connectivity index (χ3v) is 1.61. The SMILES string of the molecule is CCOC(=O)n1c(=O)cc[nH]c1=S. The number of ether oxygens (including phenoxy) is 1. The number of aromatic amines is 1. The van der Waals surface area contributed by atoms with Crippen LogP contribution in [0.5, 0.6) is 0 Å². The Morgan fingerprint density at radius 2 is 2.46 bits per heavy atom. The third-order valence-electron chi connectivity index (χ3n) is 1.31. The number of H-pyrrole nitrogens is 1. The van der Waals surface area contributed by atoms with Crippen molar-refractivity contribution in [1.82, 2.24) is 9.55 Å². The monoisotopic (exact) mass is 200 g/mol. The Labute approximate surface area is 79.0 Å². The summed E-state index contributed by atoms with van der Waals surface area (Å²) in [6.45, 7) is 1.85. The second-order valence-corrected chi connectivity index (χ2v) is 2.54. The van der Waals surface area contributed by atoms with Crippen molar-refractivity contribution in [3.05, 3.63) is 27.4 Å². The quantitative estimate of drug-likeness (QED) is 0.684. The second kappa shape index (κ2) is 3.99.